The lowest BCUT2D eigenvalue weighted by Crippen LogP contribution is -2.39. The zero-order valence-electron chi connectivity index (χ0n) is 9.16. The van der Waals surface area contributed by atoms with Crippen molar-refractivity contribution in [3.8, 4) is 5.88 Å². The molecule has 0 amide bonds. The first-order valence-electron chi connectivity index (χ1n) is 4.60. The lowest BCUT2D eigenvalue weighted by Gasteiger charge is -2.19. The Balaban J connectivity index is 2.72. The van der Waals surface area contributed by atoms with Crippen molar-refractivity contribution < 1.29 is 4.74 Å². The minimum atomic E-state index is -0.349. The van der Waals surface area contributed by atoms with E-state index in [0.717, 1.165) is 11.4 Å². The van der Waals surface area contributed by atoms with Crippen LogP contribution in [0.2, 0.25) is 0 Å². The van der Waals surface area contributed by atoms with Crippen LogP contribution in [0.4, 0.5) is 0 Å². The summed E-state index contributed by atoms with van der Waals surface area (Å²) in [5.74, 6) is 0.573. The van der Waals surface area contributed by atoms with Gasteiger partial charge in [-0.2, -0.15) is 0 Å². The summed E-state index contributed by atoms with van der Waals surface area (Å²) in [5, 5.41) is 0. The largest absolute Gasteiger partial charge is 0.474 e. The topological polar surface area (TPSA) is 61.0 Å². The van der Waals surface area contributed by atoms with E-state index in [0.29, 0.717) is 12.5 Å². The number of ether oxygens (including phenoxy) is 1. The standard InChI is InChI=1S/C10H17N3O/c1-7-5-12-8(2)9(13-7)14-6-10(3,4)11/h5H,6,11H2,1-4H3. The first-order chi connectivity index (χ1) is 6.38. The molecule has 0 atom stereocenters. The Morgan fingerprint density at radius 1 is 1.43 bits per heavy atom. The fourth-order valence-electron chi connectivity index (χ4n) is 0.906. The second-order valence-corrected chi connectivity index (χ2v) is 4.18. The van der Waals surface area contributed by atoms with Gasteiger partial charge in [-0.1, -0.05) is 0 Å². The highest BCUT2D eigenvalue weighted by atomic mass is 16.5. The van der Waals surface area contributed by atoms with Crippen LogP contribution in [0.3, 0.4) is 0 Å². The fourth-order valence-corrected chi connectivity index (χ4v) is 0.906. The average molecular weight is 195 g/mol. The van der Waals surface area contributed by atoms with Crippen LogP contribution in [0.25, 0.3) is 0 Å². The smallest absolute Gasteiger partial charge is 0.235 e. The fraction of sp³-hybridized carbons (Fsp3) is 0.600. The van der Waals surface area contributed by atoms with Gasteiger partial charge in [0, 0.05) is 11.7 Å². The van der Waals surface area contributed by atoms with Crippen LogP contribution in [0.15, 0.2) is 6.20 Å². The maximum absolute atomic E-state index is 5.80. The van der Waals surface area contributed by atoms with Gasteiger partial charge in [0.05, 0.1) is 11.4 Å². The summed E-state index contributed by atoms with van der Waals surface area (Å²) >= 11 is 0. The van der Waals surface area contributed by atoms with Gasteiger partial charge in [-0.15, -0.1) is 0 Å². The molecule has 0 aromatic carbocycles. The predicted molar refractivity (Wildman–Crippen MR) is 55.3 cm³/mol. The molecule has 4 heteroatoms. The molecule has 0 saturated carbocycles. The Morgan fingerprint density at radius 3 is 2.64 bits per heavy atom. The molecule has 0 saturated heterocycles. The lowest BCUT2D eigenvalue weighted by molar-refractivity contribution is 0.232. The SMILES string of the molecule is Cc1cnc(C)c(OCC(C)(C)N)n1. The van der Waals surface area contributed by atoms with Gasteiger partial charge in [0.2, 0.25) is 5.88 Å². The molecule has 0 spiro atoms. The summed E-state index contributed by atoms with van der Waals surface area (Å²) in [6, 6.07) is 0. The zero-order chi connectivity index (χ0) is 10.8. The van der Waals surface area contributed by atoms with Crippen molar-refractivity contribution in [2.24, 2.45) is 5.73 Å². The van der Waals surface area contributed by atoms with E-state index in [1.165, 1.54) is 0 Å². The third-order valence-electron chi connectivity index (χ3n) is 1.61. The van der Waals surface area contributed by atoms with E-state index in [2.05, 4.69) is 9.97 Å². The van der Waals surface area contributed by atoms with Crippen LogP contribution in [-0.4, -0.2) is 22.1 Å². The van der Waals surface area contributed by atoms with Crippen molar-refractivity contribution >= 4 is 0 Å². The van der Waals surface area contributed by atoms with E-state index in [1.54, 1.807) is 6.20 Å². The number of nitrogens with zero attached hydrogens (tertiary/aromatic N) is 2. The van der Waals surface area contributed by atoms with Crippen molar-refractivity contribution in [1.29, 1.82) is 0 Å². The van der Waals surface area contributed by atoms with E-state index in [-0.39, 0.29) is 5.54 Å². The summed E-state index contributed by atoms with van der Waals surface area (Å²) in [6.07, 6.45) is 1.72. The summed E-state index contributed by atoms with van der Waals surface area (Å²) < 4.78 is 5.48. The Labute approximate surface area is 84.5 Å². The first-order valence-corrected chi connectivity index (χ1v) is 4.60. The molecular formula is C10H17N3O. The van der Waals surface area contributed by atoms with Crippen LogP contribution in [-0.2, 0) is 0 Å². The van der Waals surface area contributed by atoms with Gasteiger partial charge in [-0.3, -0.25) is 4.98 Å². The molecule has 14 heavy (non-hydrogen) atoms. The number of rotatable bonds is 3. The van der Waals surface area contributed by atoms with Gasteiger partial charge < -0.3 is 10.5 Å². The molecule has 0 bridgehead atoms. The molecule has 0 radical (unpaired) electrons. The number of aromatic nitrogens is 2. The summed E-state index contributed by atoms with van der Waals surface area (Å²) in [4.78, 5) is 8.39. The van der Waals surface area contributed by atoms with Crippen molar-refractivity contribution in [1.82, 2.24) is 9.97 Å². The molecule has 1 heterocycles. The average Bonchev–Trinajstić information content (AvgIpc) is 2.05. The predicted octanol–water partition coefficient (Wildman–Crippen LogP) is 1.21. The molecule has 1 aromatic heterocycles. The van der Waals surface area contributed by atoms with Crippen molar-refractivity contribution in [2.75, 3.05) is 6.61 Å². The molecule has 78 valence electrons. The van der Waals surface area contributed by atoms with Gasteiger partial charge >= 0.3 is 0 Å². The molecule has 0 aliphatic carbocycles. The summed E-state index contributed by atoms with van der Waals surface area (Å²) in [5.41, 5.74) is 7.09. The molecule has 0 unspecified atom stereocenters. The Morgan fingerprint density at radius 2 is 2.07 bits per heavy atom. The molecule has 4 nitrogen and oxygen atoms in total. The Bertz CT molecular complexity index is 318. The zero-order valence-corrected chi connectivity index (χ0v) is 9.16. The van der Waals surface area contributed by atoms with Gasteiger partial charge in [0.25, 0.3) is 0 Å². The Hall–Kier alpha value is -1.16. The highest BCUT2D eigenvalue weighted by molar-refractivity contribution is 5.18. The van der Waals surface area contributed by atoms with Gasteiger partial charge in [0.1, 0.15) is 6.61 Å². The Kier molecular flexibility index (Phi) is 3.06. The molecule has 1 rings (SSSR count). The highest BCUT2D eigenvalue weighted by Gasteiger charge is 2.13. The third kappa shape index (κ3) is 3.30. The van der Waals surface area contributed by atoms with Crippen molar-refractivity contribution in [3.05, 3.63) is 17.6 Å². The molecule has 1 aromatic rings. The summed E-state index contributed by atoms with van der Waals surface area (Å²) in [6.45, 7) is 8.00. The van der Waals surface area contributed by atoms with Gasteiger partial charge in [-0.25, -0.2) is 4.98 Å². The molecule has 0 aliphatic heterocycles. The normalized spacial score (nSPS) is 11.5. The van der Waals surface area contributed by atoms with Crippen LogP contribution in [0.5, 0.6) is 5.88 Å². The molecular weight excluding hydrogens is 178 g/mol. The maximum Gasteiger partial charge on any atom is 0.235 e. The van der Waals surface area contributed by atoms with E-state index < -0.39 is 0 Å². The van der Waals surface area contributed by atoms with Crippen LogP contribution in [0.1, 0.15) is 25.2 Å². The monoisotopic (exact) mass is 195 g/mol. The second-order valence-electron chi connectivity index (χ2n) is 4.18. The summed E-state index contributed by atoms with van der Waals surface area (Å²) in [7, 11) is 0. The van der Waals surface area contributed by atoms with E-state index in [4.69, 9.17) is 10.5 Å². The number of hydrogen-bond donors (Lipinski definition) is 1. The quantitative estimate of drug-likeness (QED) is 0.787. The van der Waals surface area contributed by atoms with E-state index >= 15 is 0 Å². The van der Waals surface area contributed by atoms with Gasteiger partial charge in [0.15, 0.2) is 0 Å². The van der Waals surface area contributed by atoms with Crippen LogP contribution < -0.4 is 10.5 Å². The minimum absolute atomic E-state index is 0.349. The van der Waals surface area contributed by atoms with E-state index in [9.17, 15) is 0 Å². The molecule has 0 fully saturated rings. The van der Waals surface area contributed by atoms with Crippen molar-refractivity contribution in [3.63, 3.8) is 0 Å². The van der Waals surface area contributed by atoms with Crippen LogP contribution in [0, 0.1) is 13.8 Å². The van der Waals surface area contributed by atoms with Gasteiger partial charge in [-0.05, 0) is 27.7 Å². The number of nitrogens with two attached hydrogens (primary N) is 1. The molecule has 0 aliphatic rings. The third-order valence-corrected chi connectivity index (χ3v) is 1.61. The first kappa shape index (κ1) is 10.9. The van der Waals surface area contributed by atoms with E-state index in [1.807, 2.05) is 27.7 Å². The maximum atomic E-state index is 5.80. The lowest BCUT2D eigenvalue weighted by atomic mass is 10.1. The molecule has 2 N–H and O–H groups in total. The van der Waals surface area contributed by atoms with Crippen LogP contribution >= 0.6 is 0 Å². The number of hydrogen-bond acceptors (Lipinski definition) is 4. The minimum Gasteiger partial charge on any atom is -0.474 e. The number of aryl methyl sites for hydroxylation is 2. The highest BCUT2D eigenvalue weighted by Crippen LogP contribution is 2.12. The van der Waals surface area contributed by atoms with Crippen molar-refractivity contribution in [2.45, 2.75) is 33.2 Å². The second kappa shape index (κ2) is 3.92.